The number of nitrogens with zero attached hydrogens (tertiary/aromatic N) is 4. The fourth-order valence-electron chi connectivity index (χ4n) is 2.83. The SMILES string of the molecule is CCCn1c(S[C@H](C)C(=O)Nc2cc(C)ccc2C)nnc1-c1ccncc1. The van der Waals surface area contributed by atoms with Gasteiger partial charge in [-0.25, -0.2) is 0 Å². The summed E-state index contributed by atoms with van der Waals surface area (Å²) in [4.78, 5) is 16.8. The van der Waals surface area contributed by atoms with Crippen molar-refractivity contribution in [2.45, 2.75) is 51.1 Å². The van der Waals surface area contributed by atoms with Crippen LogP contribution in [0.4, 0.5) is 5.69 Å². The Labute approximate surface area is 169 Å². The van der Waals surface area contributed by atoms with Crippen molar-refractivity contribution in [3.63, 3.8) is 0 Å². The van der Waals surface area contributed by atoms with Crippen molar-refractivity contribution >= 4 is 23.4 Å². The molecule has 0 saturated carbocycles. The number of thioether (sulfide) groups is 1. The van der Waals surface area contributed by atoms with E-state index in [4.69, 9.17) is 0 Å². The highest BCUT2D eigenvalue weighted by molar-refractivity contribution is 8.00. The van der Waals surface area contributed by atoms with Crippen LogP contribution in [0.5, 0.6) is 0 Å². The minimum atomic E-state index is -0.301. The van der Waals surface area contributed by atoms with Gasteiger partial charge in [0.15, 0.2) is 11.0 Å². The third-order valence-corrected chi connectivity index (χ3v) is 5.49. The van der Waals surface area contributed by atoms with Gasteiger partial charge < -0.3 is 9.88 Å². The van der Waals surface area contributed by atoms with Gasteiger partial charge in [-0.05, 0) is 56.5 Å². The number of hydrogen-bond acceptors (Lipinski definition) is 5. The number of rotatable bonds is 7. The normalized spacial score (nSPS) is 12.0. The number of pyridine rings is 1. The van der Waals surface area contributed by atoms with Crippen molar-refractivity contribution in [1.29, 1.82) is 0 Å². The van der Waals surface area contributed by atoms with E-state index in [2.05, 4.69) is 32.0 Å². The van der Waals surface area contributed by atoms with Gasteiger partial charge in [-0.3, -0.25) is 9.78 Å². The molecule has 3 aromatic rings. The van der Waals surface area contributed by atoms with Crippen molar-refractivity contribution < 1.29 is 4.79 Å². The Hall–Kier alpha value is -2.67. The maximum Gasteiger partial charge on any atom is 0.237 e. The van der Waals surface area contributed by atoms with Gasteiger partial charge in [-0.1, -0.05) is 30.8 Å². The summed E-state index contributed by atoms with van der Waals surface area (Å²) in [6, 6.07) is 9.88. The molecule has 0 radical (unpaired) electrons. The van der Waals surface area contributed by atoms with Gasteiger partial charge in [-0.15, -0.1) is 10.2 Å². The number of aromatic nitrogens is 4. The summed E-state index contributed by atoms with van der Waals surface area (Å²) in [5, 5.41) is 12.2. The highest BCUT2D eigenvalue weighted by Gasteiger charge is 2.21. The van der Waals surface area contributed by atoms with E-state index < -0.39 is 0 Å². The van der Waals surface area contributed by atoms with E-state index in [1.165, 1.54) is 11.8 Å². The summed E-state index contributed by atoms with van der Waals surface area (Å²) in [5.41, 5.74) is 3.98. The van der Waals surface area contributed by atoms with Crippen LogP contribution in [0.2, 0.25) is 0 Å². The fourth-order valence-corrected chi connectivity index (χ4v) is 3.71. The smallest absolute Gasteiger partial charge is 0.237 e. The topological polar surface area (TPSA) is 72.7 Å². The molecule has 1 aromatic carbocycles. The molecular weight excluding hydrogens is 370 g/mol. The Kier molecular flexibility index (Phi) is 6.46. The molecule has 28 heavy (non-hydrogen) atoms. The van der Waals surface area contributed by atoms with E-state index in [1.54, 1.807) is 12.4 Å². The Balaban J connectivity index is 1.78. The number of carbonyl (C=O) groups excluding carboxylic acids is 1. The van der Waals surface area contributed by atoms with Crippen molar-refractivity contribution in [3.05, 3.63) is 53.9 Å². The predicted molar refractivity (Wildman–Crippen MR) is 113 cm³/mol. The molecule has 7 heteroatoms. The van der Waals surface area contributed by atoms with Crippen LogP contribution >= 0.6 is 11.8 Å². The molecule has 3 rings (SSSR count). The summed E-state index contributed by atoms with van der Waals surface area (Å²) >= 11 is 1.42. The average molecular weight is 396 g/mol. The lowest BCUT2D eigenvalue weighted by Gasteiger charge is -2.15. The maximum atomic E-state index is 12.7. The molecule has 146 valence electrons. The number of hydrogen-bond donors (Lipinski definition) is 1. The molecule has 1 amide bonds. The largest absolute Gasteiger partial charge is 0.325 e. The van der Waals surface area contributed by atoms with Crippen LogP contribution < -0.4 is 5.32 Å². The number of amides is 1. The highest BCUT2D eigenvalue weighted by Crippen LogP contribution is 2.28. The Morgan fingerprint density at radius 2 is 1.93 bits per heavy atom. The Bertz CT molecular complexity index is 955. The summed E-state index contributed by atoms with van der Waals surface area (Å²) in [6.45, 7) is 8.80. The second kappa shape index (κ2) is 9.01. The van der Waals surface area contributed by atoms with Gasteiger partial charge in [0.25, 0.3) is 0 Å². The van der Waals surface area contributed by atoms with Gasteiger partial charge in [0, 0.05) is 30.2 Å². The monoisotopic (exact) mass is 395 g/mol. The molecule has 6 nitrogen and oxygen atoms in total. The summed E-state index contributed by atoms with van der Waals surface area (Å²) in [7, 11) is 0. The Morgan fingerprint density at radius 1 is 1.18 bits per heavy atom. The van der Waals surface area contributed by atoms with Crippen molar-refractivity contribution in [3.8, 4) is 11.4 Å². The second-order valence-electron chi connectivity index (χ2n) is 6.76. The number of nitrogens with one attached hydrogen (secondary N) is 1. The van der Waals surface area contributed by atoms with Crippen molar-refractivity contribution in [2.75, 3.05) is 5.32 Å². The highest BCUT2D eigenvalue weighted by atomic mass is 32.2. The van der Waals surface area contributed by atoms with Gasteiger partial charge in [0.1, 0.15) is 0 Å². The second-order valence-corrected chi connectivity index (χ2v) is 8.07. The van der Waals surface area contributed by atoms with Gasteiger partial charge >= 0.3 is 0 Å². The molecule has 0 spiro atoms. The van der Waals surface area contributed by atoms with E-state index in [1.807, 2.05) is 51.1 Å². The fraction of sp³-hybridized carbons (Fsp3) is 0.333. The summed E-state index contributed by atoms with van der Waals surface area (Å²) in [5.74, 6) is 0.754. The third-order valence-electron chi connectivity index (χ3n) is 4.40. The first kappa shape index (κ1) is 20.1. The number of carbonyl (C=O) groups is 1. The first-order valence-electron chi connectivity index (χ1n) is 9.38. The molecule has 0 aliphatic carbocycles. The van der Waals surface area contributed by atoms with E-state index in [0.717, 1.165) is 46.3 Å². The number of benzene rings is 1. The summed E-state index contributed by atoms with van der Waals surface area (Å²) in [6.07, 6.45) is 4.44. The molecule has 0 unspecified atom stereocenters. The molecule has 0 saturated heterocycles. The number of aryl methyl sites for hydroxylation is 2. The van der Waals surface area contributed by atoms with Crippen LogP contribution in [0, 0.1) is 13.8 Å². The molecule has 1 atom stereocenters. The zero-order valence-electron chi connectivity index (χ0n) is 16.6. The van der Waals surface area contributed by atoms with Crippen LogP contribution in [0.3, 0.4) is 0 Å². The van der Waals surface area contributed by atoms with Crippen LogP contribution in [0.25, 0.3) is 11.4 Å². The van der Waals surface area contributed by atoms with E-state index in [-0.39, 0.29) is 11.2 Å². The molecule has 0 aliphatic rings. The van der Waals surface area contributed by atoms with Crippen molar-refractivity contribution in [1.82, 2.24) is 19.7 Å². The van der Waals surface area contributed by atoms with Gasteiger partial charge in [0.2, 0.25) is 5.91 Å². The predicted octanol–water partition coefficient (Wildman–Crippen LogP) is 4.49. The first-order valence-corrected chi connectivity index (χ1v) is 10.3. The Morgan fingerprint density at radius 3 is 2.64 bits per heavy atom. The van der Waals surface area contributed by atoms with Crippen LogP contribution in [-0.2, 0) is 11.3 Å². The lowest BCUT2D eigenvalue weighted by atomic mass is 10.1. The third kappa shape index (κ3) is 4.59. The molecule has 0 aliphatic heterocycles. The molecule has 0 bridgehead atoms. The van der Waals surface area contributed by atoms with Crippen LogP contribution in [0.1, 0.15) is 31.4 Å². The van der Waals surface area contributed by atoms with Gasteiger partial charge in [0.05, 0.1) is 5.25 Å². The minimum Gasteiger partial charge on any atom is -0.325 e. The van der Waals surface area contributed by atoms with Crippen molar-refractivity contribution in [2.24, 2.45) is 0 Å². The minimum absolute atomic E-state index is 0.0461. The molecule has 2 aromatic heterocycles. The average Bonchev–Trinajstić information content (AvgIpc) is 3.08. The zero-order valence-corrected chi connectivity index (χ0v) is 17.5. The molecule has 1 N–H and O–H groups in total. The molecule has 0 fully saturated rings. The van der Waals surface area contributed by atoms with Gasteiger partial charge in [-0.2, -0.15) is 0 Å². The van der Waals surface area contributed by atoms with E-state index >= 15 is 0 Å². The van der Waals surface area contributed by atoms with E-state index in [9.17, 15) is 4.79 Å². The molecule has 2 heterocycles. The standard InChI is InChI=1S/C21H25N5OS/c1-5-12-26-19(17-8-10-22-11-9-17)24-25-21(26)28-16(4)20(27)23-18-13-14(2)6-7-15(18)3/h6-11,13,16H,5,12H2,1-4H3,(H,23,27)/t16-/m1/s1. The van der Waals surface area contributed by atoms with Crippen LogP contribution in [-0.4, -0.2) is 30.9 Å². The van der Waals surface area contributed by atoms with E-state index in [0.29, 0.717) is 0 Å². The number of anilines is 1. The first-order chi connectivity index (χ1) is 13.5. The van der Waals surface area contributed by atoms with Crippen LogP contribution in [0.15, 0.2) is 47.9 Å². The molecular formula is C21H25N5OS. The lowest BCUT2D eigenvalue weighted by Crippen LogP contribution is -2.23. The summed E-state index contributed by atoms with van der Waals surface area (Å²) < 4.78 is 2.07. The quantitative estimate of drug-likeness (QED) is 0.597. The maximum absolute atomic E-state index is 12.7. The lowest BCUT2D eigenvalue weighted by molar-refractivity contribution is -0.115. The zero-order chi connectivity index (χ0) is 20.1.